The lowest BCUT2D eigenvalue weighted by Crippen LogP contribution is -2.47. The number of likely N-dealkylation sites (tertiary alicyclic amines) is 1. The van der Waals surface area contributed by atoms with Crippen LogP contribution in [-0.2, 0) is 4.74 Å². The molecule has 0 aromatic carbocycles. The second kappa shape index (κ2) is 9.57. The predicted octanol–water partition coefficient (Wildman–Crippen LogP) is 3.20. The van der Waals surface area contributed by atoms with Gasteiger partial charge in [0.2, 0.25) is 5.95 Å². The number of carbonyl (C=O) groups is 2. The first-order valence-electron chi connectivity index (χ1n) is 9.78. The van der Waals surface area contributed by atoms with Gasteiger partial charge in [-0.2, -0.15) is 4.98 Å². The molecule has 0 spiro atoms. The van der Waals surface area contributed by atoms with E-state index in [0.29, 0.717) is 19.0 Å². The summed E-state index contributed by atoms with van der Waals surface area (Å²) in [6.45, 7) is 9.34. The average Bonchev–Trinajstić information content (AvgIpc) is 2.61. The van der Waals surface area contributed by atoms with E-state index in [4.69, 9.17) is 4.74 Å². The Bertz CT molecular complexity index is 689. The van der Waals surface area contributed by atoms with Crippen molar-refractivity contribution in [2.24, 2.45) is 0 Å². The molecule has 9 heteroatoms. The number of aromatic nitrogens is 2. The summed E-state index contributed by atoms with van der Waals surface area (Å²) in [4.78, 5) is 33.9. The number of ether oxygens (including phenoxy) is 1. The molecule has 1 unspecified atom stereocenters. The van der Waals surface area contributed by atoms with E-state index in [-0.39, 0.29) is 23.5 Å². The SMILES string of the molecule is CCCCNc1ncc(C(=O)O)c(NC2CCCN(C(=O)OC(C)(C)C)C2)n1. The third-order valence-electron chi connectivity index (χ3n) is 4.25. The third-order valence-corrected chi connectivity index (χ3v) is 4.25. The van der Waals surface area contributed by atoms with Gasteiger partial charge in [0.15, 0.2) is 0 Å². The lowest BCUT2D eigenvalue weighted by molar-refractivity contribution is 0.0206. The largest absolute Gasteiger partial charge is 0.477 e. The fourth-order valence-corrected chi connectivity index (χ4v) is 2.89. The molecule has 0 saturated carbocycles. The molecule has 1 aliphatic rings. The maximum absolute atomic E-state index is 12.3. The number of rotatable bonds is 7. The zero-order chi connectivity index (χ0) is 20.7. The normalized spacial score (nSPS) is 17.1. The molecular weight excluding hydrogens is 362 g/mol. The monoisotopic (exact) mass is 393 g/mol. The summed E-state index contributed by atoms with van der Waals surface area (Å²) in [5.41, 5.74) is -0.546. The van der Waals surface area contributed by atoms with Crippen molar-refractivity contribution in [3.63, 3.8) is 0 Å². The molecule has 1 aliphatic heterocycles. The number of hydrogen-bond acceptors (Lipinski definition) is 7. The summed E-state index contributed by atoms with van der Waals surface area (Å²) in [5, 5.41) is 15.7. The fraction of sp³-hybridized carbons (Fsp3) is 0.684. The molecule has 1 atom stereocenters. The molecule has 1 fully saturated rings. The summed E-state index contributed by atoms with van der Waals surface area (Å²) in [5.74, 6) is -0.444. The van der Waals surface area contributed by atoms with Gasteiger partial charge in [-0.3, -0.25) is 0 Å². The number of nitrogens with one attached hydrogen (secondary N) is 2. The van der Waals surface area contributed by atoms with Crippen LogP contribution in [0.3, 0.4) is 0 Å². The van der Waals surface area contributed by atoms with Crippen LogP contribution in [0.5, 0.6) is 0 Å². The van der Waals surface area contributed by atoms with E-state index in [2.05, 4.69) is 27.5 Å². The quantitative estimate of drug-likeness (QED) is 0.605. The first-order valence-corrected chi connectivity index (χ1v) is 9.78. The van der Waals surface area contributed by atoms with Crippen LogP contribution >= 0.6 is 0 Å². The maximum atomic E-state index is 12.3. The highest BCUT2D eigenvalue weighted by molar-refractivity contribution is 5.93. The summed E-state index contributed by atoms with van der Waals surface area (Å²) < 4.78 is 5.44. The zero-order valence-electron chi connectivity index (χ0n) is 17.1. The van der Waals surface area contributed by atoms with Crippen LogP contribution in [-0.4, -0.2) is 63.3 Å². The molecular formula is C19H31N5O4. The van der Waals surface area contributed by atoms with Crippen LogP contribution < -0.4 is 10.6 Å². The lowest BCUT2D eigenvalue weighted by atomic mass is 10.1. The summed E-state index contributed by atoms with van der Waals surface area (Å²) in [6, 6.07) is -0.113. The highest BCUT2D eigenvalue weighted by Crippen LogP contribution is 2.21. The standard InChI is InChI=1S/C19H31N5O4/c1-5-6-9-20-17-21-11-14(16(25)26)15(23-17)22-13-8-7-10-24(12-13)18(27)28-19(2,3)4/h11,13H,5-10,12H2,1-4H3,(H,25,26)(H2,20,21,22,23). The summed E-state index contributed by atoms with van der Waals surface area (Å²) in [7, 11) is 0. The van der Waals surface area contributed by atoms with Gasteiger partial charge in [-0.1, -0.05) is 13.3 Å². The number of anilines is 2. The van der Waals surface area contributed by atoms with Gasteiger partial charge in [0.05, 0.1) is 0 Å². The topological polar surface area (TPSA) is 117 Å². The Labute approximate surface area is 165 Å². The number of amides is 1. The molecule has 156 valence electrons. The van der Waals surface area contributed by atoms with Gasteiger partial charge in [-0.25, -0.2) is 14.6 Å². The Balaban J connectivity index is 2.08. The number of carbonyl (C=O) groups excluding carboxylic acids is 1. The van der Waals surface area contributed by atoms with Crippen LogP contribution in [0.15, 0.2) is 6.20 Å². The Morgan fingerprint density at radius 2 is 2.14 bits per heavy atom. The van der Waals surface area contributed by atoms with Crippen LogP contribution in [0.1, 0.15) is 63.7 Å². The first-order chi connectivity index (χ1) is 13.2. The Kier molecular flexibility index (Phi) is 7.42. The number of aromatic carboxylic acids is 1. The summed E-state index contributed by atoms with van der Waals surface area (Å²) in [6.07, 6.45) is 4.56. The molecule has 2 heterocycles. The van der Waals surface area contributed by atoms with Gasteiger partial charge in [0.25, 0.3) is 0 Å². The highest BCUT2D eigenvalue weighted by Gasteiger charge is 2.28. The molecule has 0 bridgehead atoms. The molecule has 1 aromatic rings. The minimum absolute atomic E-state index is 0.00966. The fourth-order valence-electron chi connectivity index (χ4n) is 2.89. The predicted molar refractivity (Wildman–Crippen MR) is 107 cm³/mol. The smallest absolute Gasteiger partial charge is 0.410 e. The van der Waals surface area contributed by atoms with E-state index in [9.17, 15) is 14.7 Å². The number of hydrogen-bond donors (Lipinski definition) is 3. The minimum Gasteiger partial charge on any atom is -0.477 e. The number of carboxylic acids is 1. The maximum Gasteiger partial charge on any atom is 0.410 e. The molecule has 28 heavy (non-hydrogen) atoms. The lowest BCUT2D eigenvalue weighted by Gasteiger charge is -2.34. The van der Waals surface area contributed by atoms with Crippen LogP contribution in [0.4, 0.5) is 16.6 Å². The van der Waals surface area contributed by atoms with Crippen molar-refractivity contribution < 1.29 is 19.4 Å². The van der Waals surface area contributed by atoms with Gasteiger partial charge in [-0.15, -0.1) is 0 Å². The van der Waals surface area contributed by atoms with Crippen molar-refractivity contribution in [3.8, 4) is 0 Å². The van der Waals surface area contributed by atoms with Gasteiger partial charge in [-0.05, 0) is 40.0 Å². The number of unbranched alkanes of at least 4 members (excludes halogenated alkanes) is 1. The molecule has 1 amide bonds. The average molecular weight is 393 g/mol. The van der Waals surface area contributed by atoms with E-state index in [1.807, 2.05) is 20.8 Å². The Morgan fingerprint density at radius 3 is 2.79 bits per heavy atom. The second-order valence-corrected chi connectivity index (χ2v) is 7.95. The Morgan fingerprint density at radius 1 is 1.39 bits per heavy atom. The molecule has 9 nitrogen and oxygen atoms in total. The molecule has 1 aromatic heterocycles. The van der Waals surface area contributed by atoms with Crippen molar-refractivity contribution in [1.82, 2.24) is 14.9 Å². The van der Waals surface area contributed by atoms with E-state index in [1.54, 1.807) is 4.90 Å². The van der Waals surface area contributed by atoms with Crippen molar-refractivity contribution in [2.45, 2.75) is 65.0 Å². The number of nitrogens with zero attached hydrogens (tertiary/aromatic N) is 3. The van der Waals surface area contributed by atoms with E-state index in [1.165, 1.54) is 6.20 Å². The van der Waals surface area contributed by atoms with Crippen molar-refractivity contribution in [2.75, 3.05) is 30.3 Å². The van der Waals surface area contributed by atoms with E-state index in [0.717, 1.165) is 32.2 Å². The van der Waals surface area contributed by atoms with Gasteiger partial charge < -0.3 is 25.4 Å². The summed E-state index contributed by atoms with van der Waals surface area (Å²) >= 11 is 0. The Hall–Kier alpha value is -2.58. The highest BCUT2D eigenvalue weighted by atomic mass is 16.6. The van der Waals surface area contributed by atoms with Crippen molar-refractivity contribution in [3.05, 3.63) is 11.8 Å². The van der Waals surface area contributed by atoms with Crippen molar-refractivity contribution in [1.29, 1.82) is 0 Å². The van der Waals surface area contributed by atoms with Crippen LogP contribution in [0.2, 0.25) is 0 Å². The zero-order valence-corrected chi connectivity index (χ0v) is 17.1. The number of carboxylic acid groups (broad SMARTS) is 1. The van der Waals surface area contributed by atoms with Gasteiger partial charge in [0.1, 0.15) is 17.0 Å². The number of piperidine rings is 1. The van der Waals surface area contributed by atoms with Crippen LogP contribution in [0.25, 0.3) is 0 Å². The third kappa shape index (κ3) is 6.54. The molecule has 0 radical (unpaired) electrons. The first kappa shape index (κ1) is 21.7. The second-order valence-electron chi connectivity index (χ2n) is 7.95. The molecule has 1 saturated heterocycles. The molecule has 3 N–H and O–H groups in total. The van der Waals surface area contributed by atoms with Crippen molar-refractivity contribution >= 4 is 23.8 Å². The minimum atomic E-state index is -1.09. The van der Waals surface area contributed by atoms with Gasteiger partial charge in [0, 0.05) is 31.9 Å². The molecule has 2 rings (SSSR count). The van der Waals surface area contributed by atoms with E-state index >= 15 is 0 Å². The van der Waals surface area contributed by atoms with Gasteiger partial charge >= 0.3 is 12.1 Å². The van der Waals surface area contributed by atoms with E-state index < -0.39 is 11.6 Å². The molecule has 0 aliphatic carbocycles. The van der Waals surface area contributed by atoms with Crippen LogP contribution in [0, 0.1) is 0 Å².